The fraction of sp³-hybridized carbons (Fsp3) is 0.500. The molecule has 1 aromatic carbocycles. The first-order valence-corrected chi connectivity index (χ1v) is 9.21. The van der Waals surface area contributed by atoms with Crippen LogP contribution in [0.1, 0.15) is 29.1 Å². The van der Waals surface area contributed by atoms with Gasteiger partial charge in [0, 0.05) is 37.2 Å². The smallest absolute Gasteiger partial charge is 0.123 e. The van der Waals surface area contributed by atoms with Gasteiger partial charge in [0.1, 0.15) is 11.6 Å². The number of ether oxygens (including phenoxy) is 2. The molecule has 1 aliphatic heterocycles. The van der Waals surface area contributed by atoms with Crippen molar-refractivity contribution in [3.05, 3.63) is 45.7 Å². The molecule has 0 unspecified atom stereocenters. The number of halogens is 1. The number of fused-ring (bicyclic) bond motifs is 1. The van der Waals surface area contributed by atoms with Gasteiger partial charge in [-0.25, -0.2) is 9.37 Å². The van der Waals surface area contributed by atoms with E-state index in [9.17, 15) is 4.39 Å². The molecule has 130 valence electrons. The van der Waals surface area contributed by atoms with Gasteiger partial charge in [-0.2, -0.15) is 0 Å². The lowest BCUT2D eigenvalue weighted by molar-refractivity contribution is 0.0905. The number of thiazole rings is 1. The third kappa shape index (κ3) is 5.00. The molecule has 2 heterocycles. The van der Waals surface area contributed by atoms with Crippen LogP contribution in [0, 0.1) is 12.7 Å². The fourth-order valence-electron chi connectivity index (χ4n) is 2.76. The minimum absolute atomic E-state index is 0.231. The zero-order valence-electron chi connectivity index (χ0n) is 14.0. The van der Waals surface area contributed by atoms with Gasteiger partial charge in [0.05, 0.1) is 23.9 Å². The molecule has 0 atom stereocenters. The van der Waals surface area contributed by atoms with Gasteiger partial charge in [-0.05, 0) is 38.0 Å². The minimum atomic E-state index is -0.231. The second kappa shape index (κ2) is 8.55. The van der Waals surface area contributed by atoms with Crippen LogP contribution in [0.3, 0.4) is 0 Å². The number of hydrogen-bond acceptors (Lipinski definition) is 5. The molecule has 1 aromatic heterocycles. The van der Waals surface area contributed by atoms with E-state index in [0.29, 0.717) is 19.8 Å². The monoisotopic (exact) mass is 350 g/mol. The maximum absolute atomic E-state index is 13.7. The van der Waals surface area contributed by atoms with E-state index in [2.05, 4.69) is 15.3 Å². The predicted octanol–water partition coefficient (Wildman–Crippen LogP) is 3.78. The maximum Gasteiger partial charge on any atom is 0.123 e. The van der Waals surface area contributed by atoms with Crippen molar-refractivity contribution in [1.29, 1.82) is 0 Å². The van der Waals surface area contributed by atoms with Crippen LogP contribution in [0.4, 0.5) is 4.39 Å². The Hall–Kier alpha value is -1.50. The van der Waals surface area contributed by atoms with Crippen molar-refractivity contribution in [1.82, 2.24) is 9.88 Å². The zero-order chi connectivity index (χ0) is 16.8. The highest BCUT2D eigenvalue weighted by atomic mass is 32.1. The van der Waals surface area contributed by atoms with Gasteiger partial charge in [-0.15, -0.1) is 11.3 Å². The standard InChI is InChI=1S/C18H23FN2O2S/c1-14-20-17(13-24-14)12-21-6-9-22-7-2-3-8-23-18-5-4-16(19)10-15(18)11-21/h4-5,10,13H,2-3,6-9,11-12H2,1H3. The van der Waals surface area contributed by atoms with E-state index in [1.165, 1.54) is 6.07 Å². The van der Waals surface area contributed by atoms with Crippen molar-refractivity contribution in [3.63, 3.8) is 0 Å². The lowest BCUT2D eigenvalue weighted by atomic mass is 10.1. The van der Waals surface area contributed by atoms with Crippen LogP contribution in [0.5, 0.6) is 5.75 Å². The van der Waals surface area contributed by atoms with Gasteiger partial charge >= 0.3 is 0 Å². The second-order valence-electron chi connectivity index (χ2n) is 5.99. The molecule has 6 heteroatoms. The molecule has 1 aliphatic rings. The summed E-state index contributed by atoms with van der Waals surface area (Å²) in [5, 5.41) is 3.14. The van der Waals surface area contributed by atoms with Crippen molar-refractivity contribution in [2.24, 2.45) is 0 Å². The first-order chi connectivity index (χ1) is 11.7. The Morgan fingerprint density at radius 2 is 2.12 bits per heavy atom. The van der Waals surface area contributed by atoms with E-state index >= 15 is 0 Å². The molecular weight excluding hydrogens is 327 g/mol. The van der Waals surface area contributed by atoms with Gasteiger partial charge < -0.3 is 9.47 Å². The average Bonchev–Trinajstić information content (AvgIpc) is 2.95. The van der Waals surface area contributed by atoms with Crippen molar-refractivity contribution >= 4 is 11.3 Å². The summed E-state index contributed by atoms with van der Waals surface area (Å²) in [5.41, 5.74) is 1.92. The summed E-state index contributed by atoms with van der Waals surface area (Å²) < 4.78 is 25.3. The van der Waals surface area contributed by atoms with Crippen LogP contribution in [0.25, 0.3) is 0 Å². The average molecular weight is 350 g/mol. The molecule has 0 radical (unpaired) electrons. The summed E-state index contributed by atoms with van der Waals surface area (Å²) in [4.78, 5) is 6.77. The number of rotatable bonds is 2. The summed E-state index contributed by atoms with van der Waals surface area (Å²) in [6.45, 7) is 6.19. The zero-order valence-corrected chi connectivity index (χ0v) is 14.8. The normalized spacial score (nSPS) is 17.4. The van der Waals surface area contributed by atoms with Crippen LogP contribution >= 0.6 is 11.3 Å². The summed E-state index contributed by atoms with van der Waals surface area (Å²) in [7, 11) is 0. The highest BCUT2D eigenvalue weighted by molar-refractivity contribution is 7.09. The third-order valence-corrected chi connectivity index (χ3v) is 4.78. The van der Waals surface area contributed by atoms with E-state index in [0.717, 1.165) is 54.6 Å². The quantitative estimate of drug-likeness (QED) is 0.825. The first-order valence-electron chi connectivity index (χ1n) is 8.33. The molecule has 2 aromatic rings. The Kier molecular flexibility index (Phi) is 6.18. The summed E-state index contributed by atoms with van der Waals surface area (Å²) in [6, 6.07) is 4.77. The SMILES string of the molecule is Cc1nc(CN2CCOCCCCOc3ccc(F)cc3C2)cs1. The molecule has 24 heavy (non-hydrogen) atoms. The van der Waals surface area contributed by atoms with Gasteiger partial charge in [-0.1, -0.05) is 0 Å². The highest BCUT2D eigenvalue weighted by Gasteiger charge is 2.14. The summed E-state index contributed by atoms with van der Waals surface area (Å²) >= 11 is 1.65. The molecule has 0 bridgehead atoms. The van der Waals surface area contributed by atoms with Crippen LogP contribution in [0.15, 0.2) is 23.6 Å². The van der Waals surface area contributed by atoms with Crippen LogP contribution in [-0.2, 0) is 17.8 Å². The Labute approximate surface area is 146 Å². The van der Waals surface area contributed by atoms with Gasteiger partial charge in [0.25, 0.3) is 0 Å². The van der Waals surface area contributed by atoms with Gasteiger partial charge in [-0.3, -0.25) is 4.90 Å². The molecule has 0 saturated carbocycles. The highest BCUT2D eigenvalue weighted by Crippen LogP contribution is 2.23. The Morgan fingerprint density at radius 3 is 2.96 bits per heavy atom. The fourth-order valence-corrected chi connectivity index (χ4v) is 3.37. The van der Waals surface area contributed by atoms with E-state index in [-0.39, 0.29) is 5.82 Å². The molecular formula is C18H23FN2O2S. The third-order valence-electron chi connectivity index (χ3n) is 3.96. The second-order valence-corrected chi connectivity index (χ2v) is 7.05. The number of hydrogen-bond donors (Lipinski definition) is 0. The van der Waals surface area contributed by atoms with Crippen LogP contribution in [-0.4, -0.2) is 36.2 Å². The molecule has 0 N–H and O–H groups in total. The molecule has 0 fully saturated rings. The number of aryl methyl sites for hydroxylation is 1. The Morgan fingerprint density at radius 1 is 1.25 bits per heavy atom. The van der Waals surface area contributed by atoms with Crippen molar-refractivity contribution in [3.8, 4) is 5.75 Å². The molecule has 0 saturated heterocycles. The molecule has 3 rings (SSSR count). The van der Waals surface area contributed by atoms with Crippen LogP contribution < -0.4 is 4.74 Å². The molecule has 4 nitrogen and oxygen atoms in total. The summed E-state index contributed by atoms with van der Waals surface area (Å²) in [5.74, 6) is 0.544. The van der Waals surface area contributed by atoms with E-state index in [4.69, 9.17) is 9.47 Å². The molecule has 0 aliphatic carbocycles. The van der Waals surface area contributed by atoms with Crippen molar-refractivity contribution in [2.75, 3.05) is 26.4 Å². The largest absolute Gasteiger partial charge is 0.493 e. The number of aromatic nitrogens is 1. The Balaban J connectivity index is 1.79. The van der Waals surface area contributed by atoms with E-state index in [1.807, 2.05) is 6.92 Å². The summed E-state index contributed by atoms with van der Waals surface area (Å²) in [6.07, 6.45) is 1.92. The van der Waals surface area contributed by atoms with E-state index < -0.39 is 0 Å². The van der Waals surface area contributed by atoms with Crippen LogP contribution in [0.2, 0.25) is 0 Å². The van der Waals surface area contributed by atoms with Gasteiger partial charge in [0.15, 0.2) is 0 Å². The number of benzene rings is 1. The maximum atomic E-state index is 13.7. The topological polar surface area (TPSA) is 34.6 Å². The van der Waals surface area contributed by atoms with E-state index in [1.54, 1.807) is 23.5 Å². The molecule has 0 spiro atoms. The molecule has 0 amide bonds. The minimum Gasteiger partial charge on any atom is -0.493 e. The predicted molar refractivity (Wildman–Crippen MR) is 92.9 cm³/mol. The van der Waals surface area contributed by atoms with Crippen molar-refractivity contribution < 1.29 is 13.9 Å². The first kappa shape index (κ1) is 17.3. The van der Waals surface area contributed by atoms with Crippen molar-refractivity contribution in [2.45, 2.75) is 32.9 Å². The van der Waals surface area contributed by atoms with Gasteiger partial charge in [0.2, 0.25) is 0 Å². The lowest BCUT2D eigenvalue weighted by Crippen LogP contribution is -2.28. The number of nitrogens with zero attached hydrogens (tertiary/aromatic N) is 2. The lowest BCUT2D eigenvalue weighted by Gasteiger charge is -2.23. The Bertz CT molecular complexity index is 662.